The van der Waals surface area contributed by atoms with E-state index in [1.165, 1.54) is 51.7 Å². The fourth-order valence-electron chi connectivity index (χ4n) is 4.85. The Morgan fingerprint density at radius 1 is 0.792 bits per heavy atom. The molecule has 4 heteroatoms. The summed E-state index contributed by atoms with van der Waals surface area (Å²) >= 11 is 0. The minimum atomic E-state index is 0.180. The number of nitrogens with zero attached hydrogens (tertiary/aromatic N) is 2. The number of Topliss-reactive ketones (excluding diaryl/α,β-unsaturated/α-hetero) is 1. The lowest BCUT2D eigenvalue weighted by Crippen LogP contribution is -2.45. The van der Waals surface area contributed by atoms with Crippen LogP contribution in [0.4, 0.5) is 0 Å². The van der Waals surface area contributed by atoms with Crippen molar-refractivity contribution in [3.8, 4) is 0 Å². The van der Waals surface area contributed by atoms with Crippen molar-refractivity contribution in [3.05, 3.63) is 0 Å². The van der Waals surface area contributed by atoms with Gasteiger partial charge in [-0.05, 0) is 77.3 Å². The van der Waals surface area contributed by atoms with E-state index in [1.54, 1.807) is 6.92 Å². The van der Waals surface area contributed by atoms with Crippen LogP contribution < -0.4 is 0 Å². The second-order valence-electron chi connectivity index (χ2n) is 8.29. The van der Waals surface area contributed by atoms with Crippen molar-refractivity contribution < 1.29 is 9.59 Å². The van der Waals surface area contributed by atoms with Gasteiger partial charge in [-0.1, -0.05) is 6.42 Å². The van der Waals surface area contributed by atoms with E-state index in [1.807, 2.05) is 0 Å². The molecule has 0 aromatic heterocycles. The molecule has 0 radical (unpaired) electrons. The van der Waals surface area contributed by atoms with E-state index in [-0.39, 0.29) is 11.8 Å². The van der Waals surface area contributed by atoms with E-state index in [9.17, 15) is 9.59 Å². The van der Waals surface area contributed by atoms with Gasteiger partial charge in [0.15, 0.2) is 0 Å². The molecule has 0 bridgehead atoms. The lowest BCUT2D eigenvalue weighted by molar-refractivity contribution is -0.139. The summed E-state index contributed by atoms with van der Waals surface area (Å²) in [5.74, 6) is 1.84. The normalized spacial score (nSPS) is 30.3. The second-order valence-corrected chi connectivity index (χ2v) is 8.29. The van der Waals surface area contributed by atoms with Crippen LogP contribution in [0.25, 0.3) is 0 Å². The van der Waals surface area contributed by atoms with Crippen molar-refractivity contribution in [1.29, 1.82) is 0 Å². The van der Waals surface area contributed by atoms with Gasteiger partial charge in [-0.3, -0.25) is 9.59 Å². The molecule has 0 aromatic carbocycles. The molecule has 136 valence electrons. The van der Waals surface area contributed by atoms with Gasteiger partial charge in [-0.25, -0.2) is 0 Å². The fraction of sp³-hybridized carbons (Fsp3) is 0.900. The standard InChI is InChI=1S/C20H34N2O2/c1-16(23)18-5-7-19(8-6-18)20(24)22-13-9-17(10-14-22)15-21-11-3-2-4-12-21/h17-19H,2-15H2,1H3. The van der Waals surface area contributed by atoms with Crippen LogP contribution in [0, 0.1) is 17.8 Å². The number of hydrogen-bond donors (Lipinski definition) is 0. The molecule has 0 N–H and O–H groups in total. The molecule has 1 amide bonds. The van der Waals surface area contributed by atoms with Crippen LogP contribution in [-0.4, -0.2) is 54.2 Å². The molecule has 0 atom stereocenters. The Hall–Kier alpha value is -0.900. The third-order valence-electron chi connectivity index (χ3n) is 6.54. The molecule has 0 spiro atoms. The van der Waals surface area contributed by atoms with Crippen LogP contribution >= 0.6 is 0 Å². The van der Waals surface area contributed by atoms with Crippen LogP contribution in [0.5, 0.6) is 0 Å². The van der Waals surface area contributed by atoms with E-state index < -0.39 is 0 Å². The third-order valence-corrected chi connectivity index (χ3v) is 6.54. The molecule has 2 heterocycles. The molecule has 4 nitrogen and oxygen atoms in total. The number of likely N-dealkylation sites (tertiary alicyclic amines) is 2. The molecular weight excluding hydrogens is 300 g/mol. The number of amides is 1. The van der Waals surface area contributed by atoms with Crippen molar-refractivity contribution in [2.45, 2.75) is 64.7 Å². The number of carbonyl (C=O) groups is 2. The number of rotatable bonds is 4. The molecule has 0 unspecified atom stereocenters. The third kappa shape index (κ3) is 4.59. The SMILES string of the molecule is CC(=O)C1CCC(C(=O)N2CCC(CN3CCCCC3)CC2)CC1. The summed E-state index contributed by atoms with van der Waals surface area (Å²) in [5.41, 5.74) is 0. The molecule has 2 saturated heterocycles. The van der Waals surface area contributed by atoms with Gasteiger partial charge >= 0.3 is 0 Å². The first-order valence-corrected chi connectivity index (χ1v) is 10.1. The summed E-state index contributed by atoms with van der Waals surface area (Å²) in [4.78, 5) is 29.0. The monoisotopic (exact) mass is 334 g/mol. The number of ketones is 1. The van der Waals surface area contributed by atoms with Crippen molar-refractivity contribution in [3.63, 3.8) is 0 Å². The predicted molar refractivity (Wildman–Crippen MR) is 95.7 cm³/mol. The van der Waals surface area contributed by atoms with Gasteiger partial charge in [0.2, 0.25) is 5.91 Å². The Bertz CT molecular complexity index is 429. The highest BCUT2D eigenvalue weighted by Gasteiger charge is 2.32. The van der Waals surface area contributed by atoms with Crippen LogP contribution in [0.3, 0.4) is 0 Å². The van der Waals surface area contributed by atoms with Gasteiger partial charge in [-0.15, -0.1) is 0 Å². The molecule has 1 saturated carbocycles. The summed E-state index contributed by atoms with van der Waals surface area (Å²) in [6.45, 7) is 7.39. The van der Waals surface area contributed by atoms with Crippen LogP contribution in [0.1, 0.15) is 64.7 Å². The zero-order valence-corrected chi connectivity index (χ0v) is 15.3. The van der Waals surface area contributed by atoms with Gasteiger partial charge in [0.05, 0.1) is 0 Å². The first kappa shape index (κ1) is 17.9. The molecule has 3 aliphatic rings. The Balaban J connectivity index is 1.39. The zero-order chi connectivity index (χ0) is 16.9. The molecule has 1 aliphatic carbocycles. The minimum absolute atomic E-state index is 0.180. The van der Waals surface area contributed by atoms with Crippen LogP contribution in [-0.2, 0) is 9.59 Å². The summed E-state index contributed by atoms with van der Waals surface area (Å²) in [6, 6.07) is 0. The minimum Gasteiger partial charge on any atom is -0.342 e. The highest BCUT2D eigenvalue weighted by molar-refractivity contribution is 5.81. The highest BCUT2D eigenvalue weighted by atomic mass is 16.2. The van der Waals surface area contributed by atoms with E-state index >= 15 is 0 Å². The molecule has 2 aliphatic heterocycles. The van der Waals surface area contributed by atoms with Crippen LogP contribution in [0.2, 0.25) is 0 Å². The largest absolute Gasteiger partial charge is 0.342 e. The van der Waals surface area contributed by atoms with Crippen molar-refractivity contribution in [1.82, 2.24) is 9.80 Å². The van der Waals surface area contributed by atoms with E-state index in [4.69, 9.17) is 0 Å². The van der Waals surface area contributed by atoms with Gasteiger partial charge in [-0.2, -0.15) is 0 Å². The number of hydrogen-bond acceptors (Lipinski definition) is 3. The average Bonchev–Trinajstić information content (AvgIpc) is 2.63. The topological polar surface area (TPSA) is 40.6 Å². The first-order chi connectivity index (χ1) is 11.6. The van der Waals surface area contributed by atoms with E-state index in [2.05, 4.69) is 9.80 Å². The predicted octanol–water partition coefficient (Wildman–Crippen LogP) is 3.11. The van der Waals surface area contributed by atoms with Gasteiger partial charge < -0.3 is 9.80 Å². The molecule has 3 rings (SSSR count). The summed E-state index contributed by atoms with van der Waals surface area (Å²) < 4.78 is 0. The lowest BCUT2D eigenvalue weighted by Gasteiger charge is -2.38. The smallest absolute Gasteiger partial charge is 0.225 e. The molecule has 0 aromatic rings. The van der Waals surface area contributed by atoms with Crippen LogP contribution in [0.15, 0.2) is 0 Å². The van der Waals surface area contributed by atoms with Gasteiger partial charge in [0.1, 0.15) is 5.78 Å². The lowest BCUT2D eigenvalue weighted by atomic mass is 9.79. The summed E-state index contributed by atoms with van der Waals surface area (Å²) in [6.07, 6.45) is 10.1. The van der Waals surface area contributed by atoms with Crippen molar-refractivity contribution >= 4 is 11.7 Å². The molecule has 24 heavy (non-hydrogen) atoms. The van der Waals surface area contributed by atoms with E-state index in [0.29, 0.717) is 11.7 Å². The zero-order valence-electron chi connectivity index (χ0n) is 15.3. The number of piperidine rings is 2. The first-order valence-electron chi connectivity index (χ1n) is 10.1. The van der Waals surface area contributed by atoms with E-state index in [0.717, 1.165) is 44.7 Å². The maximum absolute atomic E-state index is 12.8. The van der Waals surface area contributed by atoms with Gasteiger partial charge in [0, 0.05) is 31.5 Å². The molecular formula is C20H34N2O2. The maximum atomic E-state index is 12.8. The Kier molecular flexibility index (Phi) is 6.31. The number of carbonyl (C=O) groups excluding carboxylic acids is 2. The quantitative estimate of drug-likeness (QED) is 0.793. The average molecular weight is 335 g/mol. The Morgan fingerprint density at radius 2 is 1.38 bits per heavy atom. The summed E-state index contributed by atoms with van der Waals surface area (Å²) in [7, 11) is 0. The van der Waals surface area contributed by atoms with Gasteiger partial charge in [0.25, 0.3) is 0 Å². The summed E-state index contributed by atoms with van der Waals surface area (Å²) in [5, 5.41) is 0. The van der Waals surface area contributed by atoms with Crippen molar-refractivity contribution in [2.75, 3.05) is 32.7 Å². The second kappa shape index (κ2) is 8.46. The Labute approximate surface area is 146 Å². The highest BCUT2D eigenvalue weighted by Crippen LogP contribution is 2.31. The van der Waals surface area contributed by atoms with Crippen molar-refractivity contribution in [2.24, 2.45) is 17.8 Å². The Morgan fingerprint density at radius 3 is 1.96 bits per heavy atom. The maximum Gasteiger partial charge on any atom is 0.225 e. The fourth-order valence-corrected chi connectivity index (χ4v) is 4.85. The molecule has 3 fully saturated rings.